The minimum Gasteiger partial charge on any atom is -0.396 e. The van der Waals surface area contributed by atoms with Gasteiger partial charge in [0.05, 0.1) is 17.7 Å². The van der Waals surface area contributed by atoms with Crippen molar-refractivity contribution >= 4 is 12.1 Å². The van der Waals surface area contributed by atoms with E-state index in [1.54, 1.807) is 0 Å². The zero-order valence-corrected chi connectivity index (χ0v) is 9.53. The normalized spacial score (nSPS) is 31.3. The number of anilines is 1. The standard InChI is InChI=1S/C11H14FN3O3/c12-9-8(1-6(3-16)10(9)18)15-11-7(4-17)2-13-5-14-11/h2,4-6,8-10,16,18H,1,3H2,(H,13,14,15)/t6-,8-,9-,10-/m1/s1. The van der Waals surface area contributed by atoms with E-state index in [1.807, 2.05) is 0 Å². The molecule has 0 spiro atoms. The van der Waals surface area contributed by atoms with E-state index in [-0.39, 0.29) is 24.4 Å². The number of aldehydes is 1. The number of rotatable bonds is 4. The van der Waals surface area contributed by atoms with E-state index < -0.39 is 24.2 Å². The lowest BCUT2D eigenvalue weighted by Crippen LogP contribution is -2.32. The molecule has 0 aliphatic heterocycles. The summed E-state index contributed by atoms with van der Waals surface area (Å²) in [6.45, 7) is -0.274. The van der Waals surface area contributed by atoms with Gasteiger partial charge in [0.25, 0.3) is 0 Å². The molecule has 1 heterocycles. The van der Waals surface area contributed by atoms with Crippen molar-refractivity contribution in [2.75, 3.05) is 11.9 Å². The molecular formula is C11H14FN3O3. The fourth-order valence-corrected chi connectivity index (χ4v) is 2.14. The Hall–Kier alpha value is -1.60. The van der Waals surface area contributed by atoms with Crippen LogP contribution in [-0.2, 0) is 0 Å². The minimum atomic E-state index is -1.50. The average Bonchev–Trinajstić information content (AvgIpc) is 2.67. The Morgan fingerprint density at radius 1 is 1.61 bits per heavy atom. The highest BCUT2D eigenvalue weighted by molar-refractivity contribution is 5.81. The van der Waals surface area contributed by atoms with Gasteiger partial charge in [0, 0.05) is 18.7 Å². The van der Waals surface area contributed by atoms with Crippen LogP contribution in [-0.4, -0.2) is 51.4 Å². The van der Waals surface area contributed by atoms with Crippen molar-refractivity contribution in [1.29, 1.82) is 0 Å². The summed E-state index contributed by atoms with van der Waals surface area (Å²) < 4.78 is 13.8. The van der Waals surface area contributed by atoms with Crippen LogP contribution in [0.1, 0.15) is 16.8 Å². The van der Waals surface area contributed by atoms with Crippen LogP contribution < -0.4 is 5.32 Å². The van der Waals surface area contributed by atoms with Gasteiger partial charge in [-0.15, -0.1) is 0 Å². The molecule has 1 fully saturated rings. The second-order valence-electron chi connectivity index (χ2n) is 4.31. The number of aliphatic hydroxyl groups is 2. The number of nitrogens with one attached hydrogen (secondary N) is 1. The van der Waals surface area contributed by atoms with E-state index in [9.17, 15) is 14.3 Å². The maximum absolute atomic E-state index is 13.8. The van der Waals surface area contributed by atoms with Crippen molar-refractivity contribution in [3.05, 3.63) is 18.1 Å². The molecule has 0 unspecified atom stereocenters. The predicted molar refractivity (Wildman–Crippen MR) is 60.9 cm³/mol. The van der Waals surface area contributed by atoms with Crippen molar-refractivity contribution < 1.29 is 19.4 Å². The summed E-state index contributed by atoms with van der Waals surface area (Å²) in [6.07, 6.45) is 0.721. The first kappa shape index (κ1) is 12.8. The number of aliphatic hydroxyl groups excluding tert-OH is 2. The lowest BCUT2D eigenvalue weighted by atomic mass is 10.1. The zero-order chi connectivity index (χ0) is 13.1. The zero-order valence-electron chi connectivity index (χ0n) is 9.53. The molecule has 1 saturated carbocycles. The molecule has 1 aromatic rings. The van der Waals surface area contributed by atoms with Gasteiger partial charge >= 0.3 is 0 Å². The molecule has 1 aliphatic rings. The Kier molecular flexibility index (Phi) is 3.83. The number of hydrogen-bond donors (Lipinski definition) is 3. The molecule has 6 nitrogen and oxygen atoms in total. The van der Waals surface area contributed by atoms with Gasteiger partial charge in [-0.05, 0) is 6.42 Å². The van der Waals surface area contributed by atoms with E-state index in [0.29, 0.717) is 6.29 Å². The second kappa shape index (κ2) is 5.36. The van der Waals surface area contributed by atoms with Crippen LogP contribution in [0.5, 0.6) is 0 Å². The van der Waals surface area contributed by atoms with Crippen LogP contribution in [0.4, 0.5) is 10.2 Å². The van der Waals surface area contributed by atoms with Gasteiger partial charge in [0.15, 0.2) is 6.29 Å². The van der Waals surface area contributed by atoms with Crippen molar-refractivity contribution in [3.63, 3.8) is 0 Å². The largest absolute Gasteiger partial charge is 0.396 e. The maximum atomic E-state index is 13.8. The fourth-order valence-electron chi connectivity index (χ4n) is 2.14. The predicted octanol–water partition coefficient (Wildman–Crippen LogP) is -0.219. The Labute approximate surface area is 103 Å². The molecule has 0 radical (unpaired) electrons. The third kappa shape index (κ3) is 2.32. The molecule has 7 heteroatoms. The molecule has 1 aliphatic carbocycles. The molecule has 18 heavy (non-hydrogen) atoms. The lowest BCUT2D eigenvalue weighted by molar-refractivity contribution is 0.0444. The van der Waals surface area contributed by atoms with Gasteiger partial charge in [0.1, 0.15) is 18.3 Å². The van der Waals surface area contributed by atoms with Crippen LogP contribution >= 0.6 is 0 Å². The summed E-state index contributed by atoms with van der Waals surface area (Å²) in [5.74, 6) is -0.266. The third-order valence-electron chi connectivity index (χ3n) is 3.17. The fraction of sp³-hybridized carbons (Fsp3) is 0.545. The van der Waals surface area contributed by atoms with E-state index in [0.717, 1.165) is 0 Å². The number of aromatic nitrogens is 2. The third-order valence-corrected chi connectivity index (χ3v) is 3.17. The number of nitrogens with zero attached hydrogens (tertiary/aromatic N) is 2. The Morgan fingerprint density at radius 2 is 2.39 bits per heavy atom. The summed E-state index contributed by atoms with van der Waals surface area (Å²) in [6, 6.07) is -0.675. The maximum Gasteiger partial charge on any atom is 0.155 e. The number of halogens is 1. The minimum absolute atomic E-state index is 0.228. The molecule has 3 N–H and O–H groups in total. The first-order valence-electron chi connectivity index (χ1n) is 5.62. The van der Waals surface area contributed by atoms with Crippen LogP contribution in [0.25, 0.3) is 0 Å². The molecule has 0 bridgehead atoms. The van der Waals surface area contributed by atoms with E-state index in [4.69, 9.17) is 5.11 Å². The van der Waals surface area contributed by atoms with Gasteiger partial charge in [-0.3, -0.25) is 4.79 Å². The molecule has 2 rings (SSSR count). The van der Waals surface area contributed by atoms with Gasteiger partial charge in [-0.1, -0.05) is 0 Å². The van der Waals surface area contributed by atoms with Crippen molar-refractivity contribution in [3.8, 4) is 0 Å². The highest BCUT2D eigenvalue weighted by Gasteiger charge is 2.42. The summed E-state index contributed by atoms with van der Waals surface area (Å²) in [4.78, 5) is 18.3. The van der Waals surface area contributed by atoms with Crippen molar-refractivity contribution in [2.24, 2.45) is 5.92 Å². The van der Waals surface area contributed by atoms with Crippen LogP contribution in [0.15, 0.2) is 12.5 Å². The summed E-state index contributed by atoms with van der Waals surface area (Å²) in [7, 11) is 0. The van der Waals surface area contributed by atoms with Crippen LogP contribution in [0.2, 0.25) is 0 Å². The molecule has 0 saturated heterocycles. The van der Waals surface area contributed by atoms with Crippen molar-refractivity contribution in [1.82, 2.24) is 9.97 Å². The molecule has 98 valence electrons. The number of alkyl halides is 1. The Bertz CT molecular complexity index is 432. The highest BCUT2D eigenvalue weighted by Crippen LogP contribution is 2.31. The monoisotopic (exact) mass is 255 g/mol. The van der Waals surface area contributed by atoms with Gasteiger partial charge in [-0.25, -0.2) is 14.4 Å². The smallest absolute Gasteiger partial charge is 0.155 e. The summed E-state index contributed by atoms with van der Waals surface area (Å²) >= 11 is 0. The van der Waals surface area contributed by atoms with E-state index in [1.165, 1.54) is 12.5 Å². The van der Waals surface area contributed by atoms with Crippen LogP contribution in [0, 0.1) is 5.92 Å². The molecule has 0 aromatic carbocycles. The average molecular weight is 255 g/mol. The molecular weight excluding hydrogens is 241 g/mol. The summed E-state index contributed by atoms with van der Waals surface area (Å²) in [5, 5.41) is 21.3. The second-order valence-corrected chi connectivity index (χ2v) is 4.31. The molecule has 0 amide bonds. The van der Waals surface area contributed by atoms with Gasteiger partial charge in [0.2, 0.25) is 0 Å². The number of carbonyl (C=O) groups excluding carboxylic acids is 1. The Morgan fingerprint density at radius 3 is 3.00 bits per heavy atom. The molecule has 4 atom stereocenters. The highest BCUT2D eigenvalue weighted by atomic mass is 19.1. The SMILES string of the molecule is O=Cc1cncnc1N[C@@H]1C[C@H](CO)[C@@H](O)[C@@H]1F. The number of hydrogen-bond acceptors (Lipinski definition) is 6. The lowest BCUT2D eigenvalue weighted by Gasteiger charge is -2.17. The van der Waals surface area contributed by atoms with Gasteiger partial charge in [-0.2, -0.15) is 0 Å². The van der Waals surface area contributed by atoms with Gasteiger partial charge < -0.3 is 15.5 Å². The van der Waals surface area contributed by atoms with Crippen molar-refractivity contribution in [2.45, 2.75) is 24.7 Å². The van der Waals surface area contributed by atoms with E-state index >= 15 is 0 Å². The summed E-state index contributed by atoms with van der Waals surface area (Å²) in [5.41, 5.74) is 0.228. The topological polar surface area (TPSA) is 95.3 Å². The quantitative estimate of drug-likeness (QED) is 0.644. The number of carbonyl (C=O) groups is 1. The van der Waals surface area contributed by atoms with E-state index in [2.05, 4.69) is 15.3 Å². The Balaban J connectivity index is 2.12. The first-order valence-corrected chi connectivity index (χ1v) is 5.62. The molecule has 1 aromatic heterocycles. The van der Waals surface area contributed by atoms with Crippen LogP contribution in [0.3, 0.4) is 0 Å². The first-order chi connectivity index (χ1) is 8.67.